The molecule has 1 saturated heterocycles. The zero-order valence-electron chi connectivity index (χ0n) is 13.9. The maximum absolute atomic E-state index is 4.58. The first-order chi connectivity index (χ1) is 11.2. The number of anilines is 2. The number of nitrogens with one attached hydrogen (secondary N) is 1. The summed E-state index contributed by atoms with van der Waals surface area (Å²) in [5, 5.41) is 7.51. The summed E-state index contributed by atoms with van der Waals surface area (Å²) in [6, 6.07) is 1.99. The molecule has 2 aromatic heterocycles. The normalized spacial score (nSPS) is 15.8. The highest BCUT2D eigenvalue weighted by molar-refractivity contribution is 5.42. The average Bonchev–Trinajstić information content (AvgIpc) is 3.00. The molecule has 0 bridgehead atoms. The molecule has 124 valence electrons. The van der Waals surface area contributed by atoms with Gasteiger partial charge in [0.2, 0.25) is 5.95 Å². The molecule has 0 spiro atoms. The topological polar surface area (TPSA) is 62.1 Å². The van der Waals surface area contributed by atoms with E-state index in [1.54, 1.807) is 0 Å². The number of aromatic nitrogens is 4. The second-order valence-electron chi connectivity index (χ2n) is 5.88. The van der Waals surface area contributed by atoms with Gasteiger partial charge in [0.25, 0.3) is 0 Å². The predicted octanol–water partition coefficient (Wildman–Crippen LogP) is 1.24. The molecule has 1 fully saturated rings. The second-order valence-corrected chi connectivity index (χ2v) is 5.88. The molecule has 3 heterocycles. The smallest absolute Gasteiger partial charge is 0.224 e. The van der Waals surface area contributed by atoms with E-state index >= 15 is 0 Å². The van der Waals surface area contributed by atoms with E-state index in [1.807, 2.05) is 23.1 Å². The number of hydrogen-bond acceptors (Lipinski definition) is 6. The largest absolute Gasteiger partial charge is 0.354 e. The predicted molar refractivity (Wildman–Crippen MR) is 91.8 cm³/mol. The van der Waals surface area contributed by atoms with Crippen LogP contribution in [0.5, 0.6) is 0 Å². The molecular weight excluding hydrogens is 290 g/mol. The number of aryl methyl sites for hydroxylation is 1. The molecule has 2 aromatic rings. The summed E-state index contributed by atoms with van der Waals surface area (Å²) in [5.41, 5.74) is 1.22. The van der Waals surface area contributed by atoms with Crippen molar-refractivity contribution >= 4 is 11.8 Å². The van der Waals surface area contributed by atoms with Gasteiger partial charge in [0.15, 0.2) is 0 Å². The van der Waals surface area contributed by atoms with E-state index < -0.39 is 0 Å². The minimum Gasteiger partial charge on any atom is -0.354 e. The van der Waals surface area contributed by atoms with Crippen LogP contribution in [0.1, 0.15) is 12.5 Å². The van der Waals surface area contributed by atoms with Crippen LogP contribution in [-0.4, -0.2) is 63.9 Å². The van der Waals surface area contributed by atoms with Gasteiger partial charge < -0.3 is 10.2 Å². The Labute approximate surface area is 137 Å². The molecule has 0 unspecified atom stereocenters. The molecule has 0 aromatic carbocycles. The van der Waals surface area contributed by atoms with Crippen molar-refractivity contribution in [2.45, 2.75) is 20.4 Å². The molecule has 0 atom stereocenters. The summed E-state index contributed by atoms with van der Waals surface area (Å²) >= 11 is 0. The lowest BCUT2D eigenvalue weighted by molar-refractivity contribution is 0.244. The lowest BCUT2D eigenvalue weighted by Gasteiger charge is -2.35. The third-order valence-electron chi connectivity index (χ3n) is 4.08. The Morgan fingerprint density at radius 2 is 2.00 bits per heavy atom. The first kappa shape index (κ1) is 15.7. The van der Waals surface area contributed by atoms with E-state index in [0.29, 0.717) is 5.95 Å². The average molecular weight is 315 g/mol. The van der Waals surface area contributed by atoms with Gasteiger partial charge in [-0.25, -0.2) is 4.98 Å². The van der Waals surface area contributed by atoms with Crippen molar-refractivity contribution in [2.24, 2.45) is 0 Å². The van der Waals surface area contributed by atoms with Crippen LogP contribution in [-0.2, 0) is 6.54 Å². The van der Waals surface area contributed by atoms with Crippen LogP contribution in [0.4, 0.5) is 11.8 Å². The number of rotatable bonds is 6. The van der Waals surface area contributed by atoms with Crippen molar-refractivity contribution in [2.75, 3.05) is 49.5 Å². The van der Waals surface area contributed by atoms with Gasteiger partial charge in [-0.1, -0.05) is 0 Å². The van der Waals surface area contributed by atoms with Crippen LogP contribution in [0.3, 0.4) is 0 Å². The van der Waals surface area contributed by atoms with E-state index in [0.717, 1.165) is 51.6 Å². The van der Waals surface area contributed by atoms with E-state index in [4.69, 9.17) is 0 Å². The molecule has 1 N–H and O–H groups in total. The Morgan fingerprint density at radius 3 is 2.70 bits per heavy atom. The molecule has 0 amide bonds. The van der Waals surface area contributed by atoms with Crippen molar-refractivity contribution in [1.29, 1.82) is 0 Å². The number of piperazine rings is 1. The summed E-state index contributed by atoms with van der Waals surface area (Å²) in [6.07, 6.45) is 5.83. The Hall–Kier alpha value is -2.15. The maximum Gasteiger partial charge on any atom is 0.224 e. The Balaban J connectivity index is 1.49. The fourth-order valence-electron chi connectivity index (χ4n) is 2.80. The standard InChI is InChI=1S/C16H25N7/c1-3-17-16-18-5-4-15(20-16)22-9-6-21(7-10-22)8-11-23-13-14(2)12-19-23/h4-5,12-13H,3,6-11H2,1-2H3,(H,17,18,20). The van der Waals surface area contributed by atoms with Gasteiger partial charge in [-0.05, 0) is 25.5 Å². The Bertz CT molecular complexity index is 616. The van der Waals surface area contributed by atoms with Gasteiger partial charge in [-0.2, -0.15) is 10.1 Å². The van der Waals surface area contributed by atoms with Gasteiger partial charge in [0, 0.05) is 51.7 Å². The molecule has 0 radical (unpaired) electrons. The van der Waals surface area contributed by atoms with Crippen LogP contribution in [0.2, 0.25) is 0 Å². The molecule has 0 saturated carbocycles. The van der Waals surface area contributed by atoms with Crippen LogP contribution < -0.4 is 10.2 Å². The van der Waals surface area contributed by atoms with Gasteiger partial charge in [-0.3, -0.25) is 9.58 Å². The van der Waals surface area contributed by atoms with E-state index in [9.17, 15) is 0 Å². The van der Waals surface area contributed by atoms with Crippen molar-refractivity contribution in [3.63, 3.8) is 0 Å². The highest BCUT2D eigenvalue weighted by Crippen LogP contribution is 2.14. The maximum atomic E-state index is 4.58. The lowest BCUT2D eigenvalue weighted by Crippen LogP contribution is -2.47. The highest BCUT2D eigenvalue weighted by atomic mass is 15.3. The van der Waals surface area contributed by atoms with E-state index in [1.165, 1.54) is 5.56 Å². The molecule has 23 heavy (non-hydrogen) atoms. The fraction of sp³-hybridized carbons (Fsp3) is 0.562. The quantitative estimate of drug-likeness (QED) is 0.865. The first-order valence-electron chi connectivity index (χ1n) is 8.28. The third-order valence-corrected chi connectivity index (χ3v) is 4.08. The van der Waals surface area contributed by atoms with Crippen LogP contribution in [0, 0.1) is 6.92 Å². The second kappa shape index (κ2) is 7.41. The molecule has 0 aliphatic carbocycles. The Morgan fingerprint density at radius 1 is 1.17 bits per heavy atom. The summed E-state index contributed by atoms with van der Waals surface area (Å²) in [4.78, 5) is 13.6. The zero-order valence-corrected chi connectivity index (χ0v) is 13.9. The molecular formula is C16H25N7. The van der Waals surface area contributed by atoms with Crippen LogP contribution in [0.15, 0.2) is 24.7 Å². The molecule has 7 heteroatoms. The van der Waals surface area contributed by atoms with Gasteiger partial charge in [-0.15, -0.1) is 0 Å². The van der Waals surface area contributed by atoms with Crippen molar-refractivity contribution in [3.8, 4) is 0 Å². The van der Waals surface area contributed by atoms with E-state index in [2.05, 4.69) is 50.2 Å². The van der Waals surface area contributed by atoms with Crippen molar-refractivity contribution in [3.05, 3.63) is 30.2 Å². The third kappa shape index (κ3) is 4.19. The van der Waals surface area contributed by atoms with Gasteiger partial charge in [0.05, 0.1) is 12.7 Å². The summed E-state index contributed by atoms with van der Waals surface area (Å²) in [6.45, 7) is 11.1. The van der Waals surface area contributed by atoms with Crippen LogP contribution in [0.25, 0.3) is 0 Å². The minimum atomic E-state index is 0.710. The number of nitrogens with zero attached hydrogens (tertiary/aromatic N) is 6. The highest BCUT2D eigenvalue weighted by Gasteiger charge is 2.18. The zero-order chi connectivity index (χ0) is 16.1. The summed E-state index contributed by atoms with van der Waals surface area (Å²) in [5.74, 6) is 1.72. The van der Waals surface area contributed by atoms with Crippen molar-refractivity contribution in [1.82, 2.24) is 24.6 Å². The lowest BCUT2D eigenvalue weighted by atomic mass is 10.3. The molecule has 1 aliphatic rings. The Kier molecular flexibility index (Phi) is 5.07. The molecule has 3 rings (SSSR count). The fourth-order valence-corrected chi connectivity index (χ4v) is 2.80. The molecule has 7 nitrogen and oxygen atoms in total. The first-order valence-corrected chi connectivity index (χ1v) is 8.28. The summed E-state index contributed by atoms with van der Waals surface area (Å²) in [7, 11) is 0. The monoisotopic (exact) mass is 315 g/mol. The van der Waals surface area contributed by atoms with Crippen molar-refractivity contribution < 1.29 is 0 Å². The SMILES string of the molecule is CCNc1nccc(N2CCN(CCn3cc(C)cn3)CC2)n1. The minimum absolute atomic E-state index is 0.710. The van der Waals surface area contributed by atoms with E-state index in [-0.39, 0.29) is 0 Å². The summed E-state index contributed by atoms with van der Waals surface area (Å²) < 4.78 is 2.02. The molecule has 1 aliphatic heterocycles. The van der Waals surface area contributed by atoms with Gasteiger partial charge >= 0.3 is 0 Å². The van der Waals surface area contributed by atoms with Crippen LogP contribution >= 0.6 is 0 Å². The number of hydrogen-bond donors (Lipinski definition) is 1. The van der Waals surface area contributed by atoms with Gasteiger partial charge in [0.1, 0.15) is 5.82 Å².